The molecule has 1 heterocycles. The molecule has 2 fully saturated rings. The molecule has 1 aromatic rings. The van der Waals surface area contributed by atoms with Crippen molar-refractivity contribution in [1.82, 2.24) is 0 Å². The van der Waals surface area contributed by atoms with Crippen LogP contribution in [0.1, 0.15) is 31.1 Å². The lowest BCUT2D eigenvalue weighted by molar-refractivity contribution is -0.405. The van der Waals surface area contributed by atoms with Crippen molar-refractivity contribution < 1.29 is 14.3 Å². The van der Waals surface area contributed by atoms with E-state index in [1.54, 1.807) is 0 Å². The van der Waals surface area contributed by atoms with E-state index in [1.165, 1.54) is 0 Å². The van der Waals surface area contributed by atoms with Gasteiger partial charge in [0, 0.05) is 24.3 Å². The van der Waals surface area contributed by atoms with E-state index in [0.717, 1.165) is 12.0 Å². The maximum atomic E-state index is 11.1. The van der Waals surface area contributed by atoms with E-state index in [0.29, 0.717) is 18.6 Å². The summed E-state index contributed by atoms with van der Waals surface area (Å²) >= 11 is 0. The maximum Gasteiger partial charge on any atom is 0.189 e. The van der Waals surface area contributed by atoms with Gasteiger partial charge in [0.25, 0.3) is 0 Å². The Balaban J connectivity index is 1.57. The number of carbonyl (C=O) groups excluding carboxylic acids is 1. The second-order valence-electron chi connectivity index (χ2n) is 4.42. The third-order valence-corrected chi connectivity index (χ3v) is 3.26. The van der Waals surface area contributed by atoms with Crippen molar-refractivity contribution in [2.24, 2.45) is 5.92 Å². The molecular formula is C13H14O3. The average molecular weight is 218 g/mol. The van der Waals surface area contributed by atoms with E-state index in [-0.39, 0.29) is 18.5 Å². The summed E-state index contributed by atoms with van der Waals surface area (Å²) in [4.78, 5) is 11.1. The molecule has 3 heteroatoms. The zero-order valence-corrected chi connectivity index (χ0v) is 8.96. The van der Waals surface area contributed by atoms with Gasteiger partial charge in [-0.2, -0.15) is 0 Å². The van der Waals surface area contributed by atoms with Crippen molar-refractivity contribution in [3.63, 3.8) is 0 Å². The fourth-order valence-electron chi connectivity index (χ4n) is 2.32. The topological polar surface area (TPSA) is 35.5 Å². The SMILES string of the molecule is O=C1CCC(C2OC(c3ccccc3)O2)C1. The molecule has 1 atom stereocenters. The molecule has 0 amide bonds. The van der Waals surface area contributed by atoms with Crippen LogP contribution in [0.3, 0.4) is 0 Å². The summed E-state index contributed by atoms with van der Waals surface area (Å²) < 4.78 is 11.4. The number of ketones is 1. The van der Waals surface area contributed by atoms with Crippen molar-refractivity contribution in [3.05, 3.63) is 35.9 Å². The van der Waals surface area contributed by atoms with Crippen LogP contribution in [-0.4, -0.2) is 12.1 Å². The molecule has 3 nitrogen and oxygen atoms in total. The van der Waals surface area contributed by atoms with Crippen LogP contribution in [0.5, 0.6) is 0 Å². The van der Waals surface area contributed by atoms with Crippen LogP contribution in [0, 0.1) is 5.92 Å². The number of Topliss-reactive ketones (excluding diaryl/α,β-unsaturated/α-hetero) is 1. The van der Waals surface area contributed by atoms with E-state index in [4.69, 9.17) is 9.47 Å². The van der Waals surface area contributed by atoms with Gasteiger partial charge in [-0.3, -0.25) is 4.79 Å². The van der Waals surface area contributed by atoms with Gasteiger partial charge >= 0.3 is 0 Å². The first-order valence-electron chi connectivity index (χ1n) is 5.70. The molecule has 1 unspecified atom stereocenters. The van der Waals surface area contributed by atoms with Crippen molar-refractivity contribution in [2.75, 3.05) is 0 Å². The Labute approximate surface area is 94.4 Å². The van der Waals surface area contributed by atoms with Gasteiger partial charge in [-0.1, -0.05) is 30.3 Å². The molecular weight excluding hydrogens is 204 g/mol. The van der Waals surface area contributed by atoms with Crippen LogP contribution in [0.2, 0.25) is 0 Å². The van der Waals surface area contributed by atoms with E-state index in [1.807, 2.05) is 30.3 Å². The first kappa shape index (κ1) is 10.00. The summed E-state index contributed by atoms with van der Waals surface area (Å²) in [6.45, 7) is 0. The molecule has 1 aliphatic carbocycles. The number of hydrogen-bond donors (Lipinski definition) is 0. The van der Waals surface area contributed by atoms with Crippen molar-refractivity contribution in [2.45, 2.75) is 31.8 Å². The minimum atomic E-state index is -0.234. The van der Waals surface area contributed by atoms with Crippen LogP contribution in [0.4, 0.5) is 0 Å². The molecule has 0 N–H and O–H groups in total. The van der Waals surface area contributed by atoms with Gasteiger partial charge < -0.3 is 9.47 Å². The highest BCUT2D eigenvalue weighted by Gasteiger charge is 2.40. The molecule has 0 aromatic heterocycles. The van der Waals surface area contributed by atoms with Gasteiger partial charge in [-0.05, 0) is 6.42 Å². The van der Waals surface area contributed by atoms with E-state index < -0.39 is 0 Å². The molecule has 1 saturated heterocycles. The normalized spacial score (nSPS) is 33.8. The molecule has 2 aliphatic rings. The van der Waals surface area contributed by atoms with Crippen LogP contribution in [-0.2, 0) is 14.3 Å². The minimum absolute atomic E-state index is 0.170. The van der Waals surface area contributed by atoms with E-state index >= 15 is 0 Å². The second-order valence-corrected chi connectivity index (χ2v) is 4.42. The van der Waals surface area contributed by atoms with E-state index in [2.05, 4.69) is 0 Å². The Morgan fingerprint density at radius 1 is 1.12 bits per heavy atom. The van der Waals surface area contributed by atoms with Crippen molar-refractivity contribution >= 4 is 5.78 Å². The molecule has 84 valence electrons. The standard InChI is InChI=1S/C13H14O3/c14-11-7-6-10(8-11)13-15-12(16-13)9-4-2-1-3-5-9/h1-5,10,12-13H,6-8H2. The van der Waals surface area contributed by atoms with Crippen LogP contribution in [0.15, 0.2) is 30.3 Å². The Bertz CT molecular complexity index is 381. The first-order chi connectivity index (χ1) is 7.83. The van der Waals surface area contributed by atoms with Gasteiger partial charge in [-0.25, -0.2) is 0 Å². The molecule has 0 bridgehead atoms. The zero-order valence-electron chi connectivity index (χ0n) is 8.96. The highest BCUT2D eigenvalue weighted by atomic mass is 16.9. The van der Waals surface area contributed by atoms with Gasteiger partial charge in [0.2, 0.25) is 0 Å². The number of hydrogen-bond acceptors (Lipinski definition) is 3. The quantitative estimate of drug-likeness (QED) is 0.764. The lowest BCUT2D eigenvalue weighted by atomic mass is 10.1. The fourth-order valence-corrected chi connectivity index (χ4v) is 2.32. The Morgan fingerprint density at radius 3 is 2.50 bits per heavy atom. The molecule has 1 aliphatic heterocycles. The van der Waals surface area contributed by atoms with Crippen molar-refractivity contribution in [1.29, 1.82) is 0 Å². The highest BCUT2D eigenvalue weighted by Crippen LogP contribution is 2.40. The van der Waals surface area contributed by atoms with Gasteiger partial charge in [0.15, 0.2) is 12.6 Å². The Hall–Kier alpha value is -1.19. The third-order valence-electron chi connectivity index (χ3n) is 3.26. The monoisotopic (exact) mass is 218 g/mol. The maximum absolute atomic E-state index is 11.1. The molecule has 0 spiro atoms. The van der Waals surface area contributed by atoms with Gasteiger partial charge in [0.1, 0.15) is 5.78 Å². The summed E-state index contributed by atoms with van der Waals surface area (Å²) in [7, 11) is 0. The highest BCUT2D eigenvalue weighted by molar-refractivity contribution is 5.80. The summed E-state index contributed by atoms with van der Waals surface area (Å²) in [5.41, 5.74) is 1.04. The number of rotatable bonds is 2. The van der Waals surface area contributed by atoms with Crippen molar-refractivity contribution in [3.8, 4) is 0 Å². The van der Waals surface area contributed by atoms with Gasteiger partial charge in [0.05, 0.1) is 0 Å². The summed E-state index contributed by atoms with van der Waals surface area (Å²) in [5.74, 6) is 0.604. The zero-order chi connectivity index (χ0) is 11.0. The number of carbonyl (C=O) groups is 1. The predicted molar refractivity (Wildman–Crippen MR) is 57.5 cm³/mol. The van der Waals surface area contributed by atoms with Gasteiger partial charge in [-0.15, -0.1) is 0 Å². The molecule has 0 radical (unpaired) electrons. The van der Waals surface area contributed by atoms with Crippen LogP contribution in [0.25, 0.3) is 0 Å². The Kier molecular flexibility index (Phi) is 2.50. The lowest BCUT2D eigenvalue weighted by Gasteiger charge is -2.39. The lowest BCUT2D eigenvalue weighted by Crippen LogP contribution is -2.39. The second kappa shape index (κ2) is 4.00. The average Bonchev–Trinajstić information content (AvgIpc) is 2.64. The first-order valence-corrected chi connectivity index (χ1v) is 5.70. The summed E-state index contributed by atoms with van der Waals surface area (Å²) in [5, 5.41) is 0. The molecule has 16 heavy (non-hydrogen) atoms. The smallest absolute Gasteiger partial charge is 0.189 e. The summed E-state index contributed by atoms with van der Waals surface area (Å²) in [6.07, 6.45) is 1.81. The molecule has 1 aromatic carbocycles. The third kappa shape index (κ3) is 1.77. The minimum Gasteiger partial charge on any atom is -0.319 e. The molecule has 1 saturated carbocycles. The predicted octanol–water partition coefficient (Wildman–Crippen LogP) is 2.43. The fraction of sp³-hybridized carbons (Fsp3) is 0.462. The van der Waals surface area contributed by atoms with Crippen LogP contribution < -0.4 is 0 Å². The Morgan fingerprint density at radius 2 is 1.88 bits per heavy atom. The van der Waals surface area contributed by atoms with E-state index in [9.17, 15) is 4.79 Å². The number of benzene rings is 1. The number of ether oxygens (including phenoxy) is 2. The van der Waals surface area contributed by atoms with Crippen LogP contribution >= 0.6 is 0 Å². The summed E-state index contributed by atoms with van der Waals surface area (Å²) in [6, 6.07) is 9.87. The largest absolute Gasteiger partial charge is 0.319 e. The molecule has 3 rings (SSSR count).